The molecule has 3 rings (SSSR count). The summed E-state index contributed by atoms with van der Waals surface area (Å²) in [4.78, 5) is 0. The van der Waals surface area contributed by atoms with Crippen molar-refractivity contribution in [2.45, 2.75) is 0 Å². The molecule has 2 aromatic carbocycles. The molecule has 106 valence electrons. The lowest BCUT2D eigenvalue weighted by molar-refractivity contribution is 0.439. The van der Waals surface area contributed by atoms with Crippen LogP contribution in [0.2, 0.25) is 5.02 Å². The van der Waals surface area contributed by atoms with Gasteiger partial charge in [-0.25, -0.2) is 8.78 Å². The van der Waals surface area contributed by atoms with E-state index in [4.69, 9.17) is 21.9 Å². The fourth-order valence-corrected chi connectivity index (χ4v) is 2.26. The first-order valence-electron chi connectivity index (χ1n) is 6.03. The number of hydrogen-bond donors (Lipinski definition) is 1. The molecule has 0 atom stereocenters. The molecule has 0 fully saturated rings. The van der Waals surface area contributed by atoms with E-state index in [1.807, 2.05) is 0 Å². The number of nitrogens with zero attached hydrogens (tertiary/aromatic N) is 1. The Morgan fingerprint density at radius 3 is 2.48 bits per heavy atom. The van der Waals surface area contributed by atoms with Gasteiger partial charge < -0.3 is 10.3 Å². The third-order valence-corrected chi connectivity index (χ3v) is 3.28. The first-order valence-corrected chi connectivity index (χ1v) is 6.41. The van der Waals surface area contributed by atoms with Gasteiger partial charge in [-0.15, -0.1) is 0 Å². The molecule has 0 aliphatic heterocycles. The van der Waals surface area contributed by atoms with E-state index < -0.39 is 11.6 Å². The highest BCUT2D eigenvalue weighted by Gasteiger charge is 2.22. The molecule has 0 saturated heterocycles. The Labute approximate surface area is 123 Å². The number of nitrogen functional groups attached to an aromatic ring is 1. The van der Waals surface area contributed by atoms with Gasteiger partial charge in [-0.2, -0.15) is 0 Å². The molecule has 6 heteroatoms. The molecule has 0 aliphatic carbocycles. The van der Waals surface area contributed by atoms with Crippen LogP contribution >= 0.6 is 11.6 Å². The minimum absolute atomic E-state index is 0.0884. The topological polar surface area (TPSA) is 52.0 Å². The van der Waals surface area contributed by atoms with E-state index in [9.17, 15) is 8.78 Å². The highest BCUT2D eigenvalue weighted by atomic mass is 35.5. The molecular weight excluding hydrogens is 298 g/mol. The Balaban J connectivity index is 2.27. The minimum Gasteiger partial charge on any atom is -0.367 e. The van der Waals surface area contributed by atoms with Crippen LogP contribution in [0.5, 0.6) is 0 Å². The van der Waals surface area contributed by atoms with Crippen molar-refractivity contribution in [3.63, 3.8) is 0 Å². The maximum absolute atomic E-state index is 14.0. The molecule has 0 spiro atoms. The lowest BCUT2D eigenvalue weighted by Gasteiger charge is -2.05. The van der Waals surface area contributed by atoms with E-state index in [-0.39, 0.29) is 28.3 Å². The summed E-state index contributed by atoms with van der Waals surface area (Å²) in [6, 6.07) is 9.98. The third-order valence-electron chi connectivity index (χ3n) is 3.05. The van der Waals surface area contributed by atoms with Crippen LogP contribution in [0.15, 0.2) is 47.0 Å². The summed E-state index contributed by atoms with van der Waals surface area (Å²) >= 11 is 5.87. The fourth-order valence-electron chi connectivity index (χ4n) is 2.09. The van der Waals surface area contributed by atoms with E-state index >= 15 is 0 Å². The van der Waals surface area contributed by atoms with E-state index in [1.54, 1.807) is 12.1 Å². The van der Waals surface area contributed by atoms with Crippen LogP contribution in [-0.4, -0.2) is 5.16 Å². The van der Waals surface area contributed by atoms with Crippen molar-refractivity contribution in [2.75, 3.05) is 5.73 Å². The fraction of sp³-hybridized carbons (Fsp3) is 0. The average Bonchev–Trinajstić information content (AvgIpc) is 2.84. The van der Waals surface area contributed by atoms with Crippen molar-refractivity contribution in [1.82, 2.24) is 5.16 Å². The number of hydrogen-bond acceptors (Lipinski definition) is 3. The van der Waals surface area contributed by atoms with Gasteiger partial charge in [0.2, 0.25) is 5.88 Å². The van der Waals surface area contributed by atoms with Crippen molar-refractivity contribution >= 4 is 17.5 Å². The molecule has 0 saturated carbocycles. The molecule has 0 bridgehead atoms. The molecule has 2 N–H and O–H groups in total. The molecule has 3 aromatic rings. The van der Waals surface area contributed by atoms with E-state index in [2.05, 4.69) is 5.16 Å². The van der Waals surface area contributed by atoms with Gasteiger partial charge in [0.05, 0.1) is 5.56 Å². The van der Waals surface area contributed by atoms with Crippen LogP contribution in [0.1, 0.15) is 0 Å². The largest absolute Gasteiger partial charge is 0.367 e. The van der Waals surface area contributed by atoms with Crippen molar-refractivity contribution in [3.8, 4) is 22.4 Å². The molecule has 0 radical (unpaired) electrons. The summed E-state index contributed by atoms with van der Waals surface area (Å²) in [5.41, 5.74) is 6.31. The number of halogens is 3. The lowest BCUT2D eigenvalue weighted by atomic mass is 10.0. The smallest absolute Gasteiger partial charge is 0.230 e. The standard InChI is InChI=1S/C15H9ClF2N2O/c16-8-5-6-12(18)10(7-8)14-13(15(19)21-20-14)9-3-1-2-4-11(9)17/h1-7H,19H2. The summed E-state index contributed by atoms with van der Waals surface area (Å²) in [5.74, 6) is -1.14. The van der Waals surface area contributed by atoms with Crippen molar-refractivity contribution in [1.29, 1.82) is 0 Å². The lowest BCUT2D eigenvalue weighted by Crippen LogP contribution is -1.92. The second-order valence-corrected chi connectivity index (χ2v) is 4.81. The van der Waals surface area contributed by atoms with Crippen LogP contribution in [0, 0.1) is 11.6 Å². The van der Waals surface area contributed by atoms with Crippen LogP contribution in [0.3, 0.4) is 0 Å². The third kappa shape index (κ3) is 2.36. The number of benzene rings is 2. The Kier molecular flexibility index (Phi) is 3.35. The minimum atomic E-state index is -0.551. The maximum atomic E-state index is 14.0. The number of anilines is 1. The highest BCUT2D eigenvalue weighted by Crippen LogP contribution is 2.38. The van der Waals surface area contributed by atoms with Gasteiger partial charge >= 0.3 is 0 Å². The SMILES string of the molecule is Nc1onc(-c2cc(Cl)ccc2F)c1-c1ccccc1F. The molecule has 21 heavy (non-hydrogen) atoms. The Bertz CT molecular complexity index is 817. The molecule has 0 unspecified atom stereocenters. The second-order valence-electron chi connectivity index (χ2n) is 4.37. The Hall–Kier alpha value is -2.40. The molecule has 3 nitrogen and oxygen atoms in total. The molecule has 0 amide bonds. The van der Waals surface area contributed by atoms with E-state index in [0.29, 0.717) is 5.02 Å². The van der Waals surface area contributed by atoms with Crippen molar-refractivity contribution in [3.05, 3.63) is 59.1 Å². The predicted molar refractivity (Wildman–Crippen MR) is 76.7 cm³/mol. The highest BCUT2D eigenvalue weighted by molar-refractivity contribution is 6.30. The summed E-state index contributed by atoms with van der Waals surface area (Å²) < 4.78 is 32.9. The number of aromatic nitrogens is 1. The molecular formula is C15H9ClF2N2O. The van der Waals surface area contributed by atoms with Crippen molar-refractivity contribution < 1.29 is 13.3 Å². The van der Waals surface area contributed by atoms with Gasteiger partial charge in [0.1, 0.15) is 17.3 Å². The normalized spacial score (nSPS) is 10.8. The van der Waals surface area contributed by atoms with Gasteiger partial charge in [-0.3, -0.25) is 0 Å². The summed E-state index contributed by atoms with van der Waals surface area (Å²) in [6.45, 7) is 0. The van der Waals surface area contributed by atoms with Gasteiger partial charge in [-0.1, -0.05) is 35.0 Å². The van der Waals surface area contributed by atoms with Gasteiger partial charge in [0.15, 0.2) is 0 Å². The zero-order valence-corrected chi connectivity index (χ0v) is 11.4. The monoisotopic (exact) mass is 306 g/mol. The Morgan fingerprint density at radius 2 is 1.71 bits per heavy atom. The van der Waals surface area contributed by atoms with E-state index in [0.717, 1.165) is 0 Å². The van der Waals surface area contributed by atoms with Gasteiger partial charge in [0, 0.05) is 16.1 Å². The summed E-state index contributed by atoms with van der Waals surface area (Å²) in [5, 5.41) is 4.07. The van der Waals surface area contributed by atoms with Crippen LogP contribution < -0.4 is 5.73 Å². The summed E-state index contributed by atoms with van der Waals surface area (Å²) in [7, 11) is 0. The first kappa shape index (κ1) is 13.6. The average molecular weight is 307 g/mol. The quantitative estimate of drug-likeness (QED) is 0.757. The van der Waals surface area contributed by atoms with Gasteiger partial charge in [0.25, 0.3) is 0 Å². The zero-order valence-electron chi connectivity index (χ0n) is 10.6. The van der Waals surface area contributed by atoms with E-state index in [1.165, 1.54) is 30.3 Å². The van der Waals surface area contributed by atoms with Crippen LogP contribution in [0.4, 0.5) is 14.7 Å². The van der Waals surface area contributed by atoms with Gasteiger partial charge in [-0.05, 0) is 24.3 Å². The molecule has 1 aromatic heterocycles. The van der Waals surface area contributed by atoms with Crippen LogP contribution in [0.25, 0.3) is 22.4 Å². The zero-order chi connectivity index (χ0) is 15.0. The molecule has 0 aliphatic rings. The second kappa shape index (κ2) is 5.18. The Morgan fingerprint density at radius 1 is 1.00 bits per heavy atom. The number of rotatable bonds is 2. The molecule has 1 heterocycles. The number of nitrogens with two attached hydrogens (primary N) is 1. The van der Waals surface area contributed by atoms with Crippen molar-refractivity contribution in [2.24, 2.45) is 0 Å². The van der Waals surface area contributed by atoms with Crippen LogP contribution in [-0.2, 0) is 0 Å². The predicted octanol–water partition coefficient (Wildman–Crippen LogP) is 4.52. The maximum Gasteiger partial charge on any atom is 0.230 e. The summed E-state index contributed by atoms with van der Waals surface area (Å²) in [6.07, 6.45) is 0. The first-order chi connectivity index (χ1) is 10.1.